The predicted molar refractivity (Wildman–Crippen MR) is 114 cm³/mol. The van der Waals surface area contributed by atoms with E-state index in [-0.39, 0.29) is 5.91 Å². The van der Waals surface area contributed by atoms with E-state index in [1.54, 1.807) is 12.4 Å². The van der Waals surface area contributed by atoms with Crippen LogP contribution in [0.5, 0.6) is 0 Å². The lowest BCUT2D eigenvalue weighted by atomic mass is 9.97. The van der Waals surface area contributed by atoms with E-state index in [4.69, 9.17) is 11.6 Å². The first-order chi connectivity index (χ1) is 13.5. The Kier molecular flexibility index (Phi) is 7.46. The quantitative estimate of drug-likeness (QED) is 0.726. The highest BCUT2D eigenvalue weighted by atomic mass is 35.5. The molecule has 2 aromatic rings. The average molecular weight is 400 g/mol. The van der Waals surface area contributed by atoms with Gasteiger partial charge in [-0.25, -0.2) is 0 Å². The molecule has 1 aromatic heterocycles. The molecule has 3 rings (SSSR count). The molecule has 0 spiro atoms. The van der Waals surface area contributed by atoms with Crippen LogP contribution in [-0.2, 0) is 24.2 Å². The van der Waals surface area contributed by atoms with Crippen LogP contribution in [0.3, 0.4) is 0 Å². The lowest BCUT2D eigenvalue weighted by Crippen LogP contribution is -2.28. The number of hydrogen-bond donors (Lipinski definition) is 1. The Labute approximate surface area is 173 Å². The normalized spacial score (nSPS) is 17.2. The second-order valence-corrected chi connectivity index (χ2v) is 8.66. The summed E-state index contributed by atoms with van der Waals surface area (Å²) in [5.74, 6) is 1.25. The summed E-state index contributed by atoms with van der Waals surface area (Å²) in [4.78, 5) is 18.5. The van der Waals surface area contributed by atoms with E-state index in [0.717, 1.165) is 48.7 Å². The SMILES string of the molecule is CC(C)CNC(=O)Cc1ccc(CC2CCN(Cc3ccncc3Cl)C2)cc1. The summed E-state index contributed by atoms with van der Waals surface area (Å²) in [6.45, 7) is 8.03. The maximum absolute atomic E-state index is 12.0. The van der Waals surface area contributed by atoms with Crippen molar-refractivity contribution in [1.82, 2.24) is 15.2 Å². The Morgan fingerprint density at radius 3 is 2.71 bits per heavy atom. The van der Waals surface area contributed by atoms with Gasteiger partial charge < -0.3 is 5.32 Å². The third-order valence-electron chi connectivity index (χ3n) is 5.24. The molecule has 1 unspecified atom stereocenters. The molecule has 2 heterocycles. The number of nitrogens with zero attached hydrogens (tertiary/aromatic N) is 2. The van der Waals surface area contributed by atoms with Gasteiger partial charge in [0.25, 0.3) is 0 Å². The van der Waals surface area contributed by atoms with E-state index in [2.05, 4.69) is 53.3 Å². The summed E-state index contributed by atoms with van der Waals surface area (Å²) < 4.78 is 0. The largest absolute Gasteiger partial charge is 0.356 e. The molecule has 1 amide bonds. The minimum atomic E-state index is 0.0997. The zero-order valence-electron chi connectivity index (χ0n) is 16.8. The molecule has 0 radical (unpaired) electrons. The van der Waals surface area contributed by atoms with Crippen LogP contribution in [0.4, 0.5) is 0 Å². The van der Waals surface area contributed by atoms with E-state index in [0.29, 0.717) is 18.3 Å². The molecule has 28 heavy (non-hydrogen) atoms. The summed E-state index contributed by atoms with van der Waals surface area (Å²) in [5.41, 5.74) is 3.57. The molecule has 1 atom stereocenters. The first kappa shape index (κ1) is 20.8. The van der Waals surface area contributed by atoms with Crippen molar-refractivity contribution in [2.24, 2.45) is 11.8 Å². The summed E-state index contributed by atoms with van der Waals surface area (Å²) in [5, 5.41) is 3.72. The van der Waals surface area contributed by atoms with Crippen LogP contribution in [0.2, 0.25) is 5.02 Å². The standard InChI is InChI=1S/C23H30ClN3O/c1-17(2)13-26-23(28)12-19-5-3-18(4-6-19)11-20-8-10-27(15-20)16-21-7-9-25-14-22(21)24/h3-7,9,14,17,20H,8,10-13,15-16H2,1-2H3,(H,26,28). The van der Waals surface area contributed by atoms with E-state index in [1.807, 2.05) is 6.07 Å². The predicted octanol–water partition coefficient (Wildman–Crippen LogP) is 4.11. The molecule has 1 N–H and O–H groups in total. The van der Waals surface area contributed by atoms with Crippen LogP contribution in [0.15, 0.2) is 42.7 Å². The third-order valence-corrected chi connectivity index (χ3v) is 5.58. The fourth-order valence-electron chi connectivity index (χ4n) is 3.69. The van der Waals surface area contributed by atoms with Gasteiger partial charge in [-0.1, -0.05) is 49.7 Å². The molecule has 1 saturated heterocycles. The minimum Gasteiger partial charge on any atom is -0.356 e. The lowest BCUT2D eigenvalue weighted by Gasteiger charge is -2.17. The van der Waals surface area contributed by atoms with Gasteiger partial charge in [-0.3, -0.25) is 14.7 Å². The van der Waals surface area contributed by atoms with Gasteiger partial charge in [0.1, 0.15) is 0 Å². The molecule has 5 heteroatoms. The number of amides is 1. The van der Waals surface area contributed by atoms with Crippen molar-refractivity contribution in [3.8, 4) is 0 Å². The van der Waals surface area contributed by atoms with E-state index < -0.39 is 0 Å². The first-order valence-electron chi connectivity index (χ1n) is 10.1. The maximum atomic E-state index is 12.0. The zero-order valence-corrected chi connectivity index (χ0v) is 17.6. The number of carbonyl (C=O) groups excluding carboxylic acids is 1. The Hall–Kier alpha value is -1.91. The third kappa shape index (κ3) is 6.32. The number of nitrogens with one attached hydrogen (secondary N) is 1. The van der Waals surface area contributed by atoms with Crippen molar-refractivity contribution in [3.05, 3.63) is 64.4 Å². The Morgan fingerprint density at radius 1 is 1.25 bits per heavy atom. The molecule has 150 valence electrons. The number of carbonyl (C=O) groups is 1. The zero-order chi connectivity index (χ0) is 19.9. The lowest BCUT2D eigenvalue weighted by molar-refractivity contribution is -0.120. The second-order valence-electron chi connectivity index (χ2n) is 8.25. The van der Waals surface area contributed by atoms with Gasteiger partial charge in [-0.15, -0.1) is 0 Å². The Bertz CT molecular complexity index is 776. The number of hydrogen-bond acceptors (Lipinski definition) is 3. The molecular formula is C23H30ClN3O. The first-order valence-corrected chi connectivity index (χ1v) is 10.5. The molecule has 0 aliphatic carbocycles. The van der Waals surface area contributed by atoms with Gasteiger partial charge in [-0.05, 0) is 54.0 Å². The number of rotatable bonds is 8. The molecule has 1 fully saturated rings. The summed E-state index contributed by atoms with van der Waals surface area (Å²) in [6, 6.07) is 10.5. The Morgan fingerprint density at radius 2 is 2.00 bits per heavy atom. The highest BCUT2D eigenvalue weighted by molar-refractivity contribution is 6.31. The number of halogens is 1. The van der Waals surface area contributed by atoms with Crippen molar-refractivity contribution in [3.63, 3.8) is 0 Å². The molecule has 0 saturated carbocycles. The smallest absolute Gasteiger partial charge is 0.224 e. The van der Waals surface area contributed by atoms with Crippen molar-refractivity contribution in [1.29, 1.82) is 0 Å². The van der Waals surface area contributed by atoms with Gasteiger partial charge in [0.05, 0.1) is 11.4 Å². The average Bonchev–Trinajstić information content (AvgIpc) is 3.10. The fourth-order valence-corrected chi connectivity index (χ4v) is 3.87. The van der Waals surface area contributed by atoms with E-state index >= 15 is 0 Å². The van der Waals surface area contributed by atoms with Gasteiger partial charge in [0.15, 0.2) is 0 Å². The second kappa shape index (κ2) is 10.0. The van der Waals surface area contributed by atoms with Gasteiger partial charge >= 0.3 is 0 Å². The minimum absolute atomic E-state index is 0.0997. The van der Waals surface area contributed by atoms with Crippen molar-refractivity contribution in [2.45, 2.75) is 39.7 Å². The van der Waals surface area contributed by atoms with Crippen molar-refractivity contribution >= 4 is 17.5 Å². The van der Waals surface area contributed by atoms with Crippen LogP contribution < -0.4 is 5.32 Å². The molecule has 1 aliphatic rings. The molecule has 4 nitrogen and oxygen atoms in total. The van der Waals surface area contributed by atoms with Crippen LogP contribution in [0.1, 0.15) is 37.0 Å². The van der Waals surface area contributed by atoms with Gasteiger partial charge in [0, 0.05) is 32.0 Å². The fraction of sp³-hybridized carbons (Fsp3) is 0.478. The highest BCUT2D eigenvalue weighted by Gasteiger charge is 2.23. The number of likely N-dealkylation sites (tertiary alicyclic amines) is 1. The summed E-state index contributed by atoms with van der Waals surface area (Å²) in [6.07, 6.45) is 6.27. The van der Waals surface area contributed by atoms with E-state index in [1.165, 1.54) is 12.0 Å². The van der Waals surface area contributed by atoms with E-state index in [9.17, 15) is 4.79 Å². The number of pyridine rings is 1. The monoisotopic (exact) mass is 399 g/mol. The maximum Gasteiger partial charge on any atom is 0.224 e. The Balaban J connectivity index is 1.46. The molecular weight excluding hydrogens is 370 g/mol. The summed E-state index contributed by atoms with van der Waals surface area (Å²) >= 11 is 6.24. The van der Waals surface area contributed by atoms with Crippen LogP contribution in [-0.4, -0.2) is 35.4 Å². The van der Waals surface area contributed by atoms with Crippen LogP contribution >= 0.6 is 11.6 Å². The number of benzene rings is 1. The topological polar surface area (TPSA) is 45.2 Å². The van der Waals surface area contributed by atoms with Gasteiger partial charge in [-0.2, -0.15) is 0 Å². The highest BCUT2D eigenvalue weighted by Crippen LogP contribution is 2.24. The van der Waals surface area contributed by atoms with Crippen LogP contribution in [0.25, 0.3) is 0 Å². The van der Waals surface area contributed by atoms with Crippen molar-refractivity contribution < 1.29 is 4.79 Å². The molecule has 0 bridgehead atoms. The molecule has 1 aromatic carbocycles. The number of aromatic nitrogens is 1. The van der Waals surface area contributed by atoms with Gasteiger partial charge in [0.2, 0.25) is 5.91 Å². The van der Waals surface area contributed by atoms with Crippen molar-refractivity contribution in [2.75, 3.05) is 19.6 Å². The summed E-state index contributed by atoms with van der Waals surface area (Å²) in [7, 11) is 0. The molecule has 1 aliphatic heterocycles. The van der Waals surface area contributed by atoms with Crippen LogP contribution in [0, 0.1) is 11.8 Å².